The molecular formula is C9H20N2O. The highest BCUT2D eigenvalue weighted by atomic mass is 16.5. The first kappa shape index (κ1) is 9.96. The molecule has 0 saturated heterocycles. The van der Waals surface area contributed by atoms with Crippen LogP contribution in [-0.4, -0.2) is 32.3 Å². The van der Waals surface area contributed by atoms with Crippen LogP contribution in [0.1, 0.15) is 25.7 Å². The standard InChI is InChI=1S/C9H20N2O/c1-12-9-4-2-3-8(7-9)11-6-5-10/h8-9,11H,2-7,10H2,1H3. The van der Waals surface area contributed by atoms with Gasteiger partial charge in [0.2, 0.25) is 0 Å². The highest BCUT2D eigenvalue weighted by Crippen LogP contribution is 2.20. The quantitative estimate of drug-likeness (QED) is 0.649. The summed E-state index contributed by atoms with van der Waals surface area (Å²) in [4.78, 5) is 0. The van der Waals surface area contributed by atoms with Crippen LogP contribution < -0.4 is 11.1 Å². The molecule has 1 aliphatic rings. The lowest BCUT2D eigenvalue weighted by Crippen LogP contribution is -2.39. The Hall–Kier alpha value is -0.120. The van der Waals surface area contributed by atoms with Gasteiger partial charge >= 0.3 is 0 Å². The van der Waals surface area contributed by atoms with Gasteiger partial charge in [0.05, 0.1) is 6.10 Å². The molecule has 1 saturated carbocycles. The summed E-state index contributed by atoms with van der Waals surface area (Å²) >= 11 is 0. The first-order valence-electron chi connectivity index (χ1n) is 4.83. The van der Waals surface area contributed by atoms with Crippen LogP contribution in [0.25, 0.3) is 0 Å². The Balaban J connectivity index is 2.16. The number of hydrogen-bond acceptors (Lipinski definition) is 3. The molecule has 0 aromatic carbocycles. The zero-order valence-corrected chi connectivity index (χ0v) is 7.88. The molecule has 0 aliphatic heterocycles. The van der Waals surface area contributed by atoms with Crippen molar-refractivity contribution in [3.05, 3.63) is 0 Å². The number of hydrogen-bond donors (Lipinski definition) is 2. The van der Waals surface area contributed by atoms with Crippen molar-refractivity contribution in [3.63, 3.8) is 0 Å². The van der Waals surface area contributed by atoms with Crippen molar-refractivity contribution in [2.45, 2.75) is 37.8 Å². The summed E-state index contributed by atoms with van der Waals surface area (Å²) in [5, 5.41) is 3.43. The van der Waals surface area contributed by atoms with Crippen LogP contribution >= 0.6 is 0 Å². The molecule has 0 spiro atoms. The number of nitrogens with two attached hydrogens (primary N) is 1. The third kappa shape index (κ3) is 3.09. The lowest BCUT2D eigenvalue weighted by Gasteiger charge is -2.28. The van der Waals surface area contributed by atoms with Crippen LogP contribution in [0.4, 0.5) is 0 Å². The highest BCUT2D eigenvalue weighted by molar-refractivity contribution is 4.78. The monoisotopic (exact) mass is 172 g/mol. The Morgan fingerprint density at radius 1 is 1.50 bits per heavy atom. The molecule has 72 valence electrons. The Morgan fingerprint density at radius 3 is 3.00 bits per heavy atom. The van der Waals surface area contributed by atoms with Crippen LogP contribution in [0.3, 0.4) is 0 Å². The van der Waals surface area contributed by atoms with Gasteiger partial charge in [0.25, 0.3) is 0 Å². The minimum absolute atomic E-state index is 0.467. The molecule has 0 aromatic heterocycles. The molecular weight excluding hydrogens is 152 g/mol. The molecule has 1 aliphatic carbocycles. The number of ether oxygens (including phenoxy) is 1. The molecule has 2 atom stereocenters. The normalized spacial score (nSPS) is 30.5. The SMILES string of the molecule is COC1CCCC(NCCN)C1. The van der Waals surface area contributed by atoms with Crippen LogP contribution in [0, 0.1) is 0 Å². The largest absolute Gasteiger partial charge is 0.381 e. The molecule has 0 radical (unpaired) electrons. The summed E-state index contributed by atoms with van der Waals surface area (Å²) < 4.78 is 5.33. The van der Waals surface area contributed by atoms with Crippen molar-refractivity contribution in [1.82, 2.24) is 5.32 Å². The first-order valence-corrected chi connectivity index (χ1v) is 4.83. The van der Waals surface area contributed by atoms with E-state index in [1.807, 2.05) is 0 Å². The zero-order valence-electron chi connectivity index (χ0n) is 7.88. The first-order chi connectivity index (χ1) is 5.86. The topological polar surface area (TPSA) is 47.3 Å². The average Bonchev–Trinajstić information content (AvgIpc) is 2.15. The summed E-state index contributed by atoms with van der Waals surface area (Å²) in [7, 11) is 1.80. The summed E-state index contributed by atoms with van der Waals surface area (Å²) in [5.74, 6) is 0. The van der Waals surface area contributed by atoms with Crippen LogP contribution in [-0.2, 0) is 4.74 Å². The van der Waals surface area contributed by atoms with E-state index >= 15 is 0 Å². The molecule has 1 fully saturated rings. The van der Waals surface area contributed by atoms with Gasteiger partial charge in [0.15, 0.2) is 0 Å². The second-order valence-electron chi connectivity index (χ2n) is 3.46. The van der Waals surface area contributed by atoms with E-state index in [0.717, 1.165) is 19.5 Å². The molecule has 2 unspecified atom stereocenters. The lowest BCUT2D eigenvalue weighted by molar-refractivity contribution is 0.0591. The minimum atomic E-state index is 0.467. The van der Waals surface area contributed by atoms with Crippen molar-refractivity contribution in [1.29, 1.82) is 0 Å². The van der Waals surface area contributed by atoms with Crippen molar-refractivity contribution in [3.8, 4) is 0 Å². The van der Waals surface area contributed by atoms with Gasteiger partial charge in [-0.15, -0.1) is 0 Å². The zero-order chi connectivity index (χ0) is 8.81. The number of nitrogens with one attached hydrogen (secondary N) is 1. The molecule has 12 heavy (non-hydrogen) atoms. The molecule has 3 nitrogen and oxygen atoms in total. The van der Waals surface area contributed by atoms with Crippen molar-refractivity contribution < 1.29 is 4.74 Å². The Kier molecular flexibility index (Phi) is 4.58. The van der Waals surface area contributed by atoms with E-state index in [-0.39, 0.29) is 0 Å². The third-order valence-electron chi connectivity index (χ3n) is 2.54. The maximum atomic E-state index is 5.42. The Labute approximate surface area is 74.7 Å². The highest BCUT2D eigenvalue weighted by Gasteiger charge is 2.20. The van der Waals surface area contributed by atoms with E-state index in [4.69, 9.17) is 10.5 Å². The van der Waals surface area contributed by atoms with Crippen LogP contribution in [0.15, 0.2) is 0 Å². The fourth-order valence-electron chi connectivity index (χ4n) is 1.83. The van der Waals surface area contributed by atoms with E-state index in [0.29, 0.717) is 12.1 Å². The number of methoxy groups -OCH3 is 1. The maximum absolute atomic E-state index is 5.42. The number of rotatable bonds is 4. The lowest BCUT2D eigenvalue weighted by atomic mass is 9.93. The fourth-order valence-corrected chi connectivity index (χ4v) is 1.83. The van der Waals surface area contributed by atoms with E-state index in [1.165, 1.54) is 19.3 Å². The summed E-state index contributed by atoms with van der Waals surface area (Å²) in [6.07, 6.45) is 5.39. The van der Waals surface area contributed by atoms with Gasteiger partial charge in [-0.3, -0.25) is 0 Å². The Morgan fingerprint density at radius 2 is 2.33 bits per heavy atom. The summed E-state index contributed by atoms with van der Waals surface area (Å²) in [6, 6.07) is 0.632. The van der Waals surface area contributed by atoms with Gasteiger partial charge in [-0.25, -0.2) is 0 Å². The minimum Gasteiger partial charge on any atom is -0.381 e. The molecule has 0 amide bonds. The van der Waals surface area contributed by atoms with Gasteiger partial charge in [-0.1, -0.05) is 0 Å². The fraction of sp³-hybridized carbons (Fsp3) is 1.00. The maximum Gasteiger partial charge on any atom is 0.0586 e. The van der Waals surface area contributed by atoms with E-state index in [2.05, 4.69) is 5.32 Å². The molecule has 1 rings (SSSR count). The smallest absolute Gasteiger partial charge is 0.0586 e. The van der Waals surface area contributed by atoms with Gasteiger partial charge in [-0.05, 0) is 25.7 Å². The molecule has 0 bridgehead atoms. The third-order valence-corrected chi connectivity index (χ3v) is 2.54. The summed E-state index contributed by atoms with van der Waals surface area (Å²) in [5.41, 5.74) is 5.42. The van der Waals surface area contributed by atoms with Gasteiger partial charge < -0.3 is 15.8 Å². The van der Waals surface area contributed by atoms with Crippen LogP contribution in [0.2, 0.25) is 0 Å². The van der Waals surface area contributed by atoms with Crippen molar-refractivity contribution in [2.24, 2.45) is 5.73 Å². The Bertz CT molecular complexity index is 119. The molecule has 3 heteroatoms. The molecule has 0 aromatic rings. The predicted molar refractivity (Wildman–Crippen MR) is 50.1 cm³/mol. The second-order valence-corrected chi connectivity index (χ2v) is 3.46. The van der Waals surface area contributed by atoms with Gasteiger partial charge in [-0.2, -0.15) is 0 Å². The second kappa shape index (κ2) is 5.51. The van der Waals surface area contributed by atoms with Gasteiger partial charge in [0.1, 0.15) is 0 Å². The predicted octanol–water partition coefficient (Wildman–Crippen LogP) is 0.492. The molecule has 0 heterocycles. The summed E-state index contributed by atoms with van der Waals surface area (Å²) in [6.45, 7) is 1.66. The van der Waals surface area contributed by atoms with Gasteiger partial charge in [0, 0.05) is 26.2 Å². The van der Waals surface area contributed by atoms with Crippen molar-refractivity contribution >= 4 is 0 Å². The van der Waals surface area contributed by atoms with E-state index < -0.39 is 0 Å². The molecule has 3 N–H and O–H groups in total. The average molecular weight is 172 g/mol. The van der Waals surface area contributed by atoms with E-state index in [1.54, 1.807) is 7.11 Å². The van der Waals surface area contributed by atoms with Crippen molar-refractivity contribution in [2.75, 3.05) is 20.2 Å². The van der Waals surface area contributed by atoms with E-state index in [9.17, 15) is 0 Å². The van der Waals surface area contributed by atoms with Crippen LogP contribution in [0.5, 0.6) is 0 Å².